The molecule has 1 saturated heterocycles. The van der Waals surface area contributed by atoms with Crippen molar-refractivity contribution in [1.82, 2.24) is 4.90 Å². The number of amides is 1. The molecule has 1 atom stereocenters. The predicted molar refractivity (Wildman–Crippen MR) is 102 cm³/mol. The van der Waals surface area contributed by atoms with E-state index in [-0.39, 0.29) is 24.5 Å². The van der Waals surface area contributed by atoms with Gasteiger partial charge in [-0.1, -0.05) is 12.1 Å². The van der Waals surface area contributed by atoms with Gasteiger partial charge >= 0.3 is 0 Å². The quantitative estimate of drug-likeness (QED) is 0.448. The second-order valence-corrected chi connectivity index (χ2v) is 6.39. The summed E-state index contributed by atoms with van der Waals surface area (Å²) in [5.74, 6) is -0.0986. The Morgan fingerprint density at radius 3 is 2.68 bits per heavy atom. The van der Waals surface area contributed by atoms with Gasteiger partial charge in [-0.15, -0.1) is 0 Å². The average Bonchev–Trinajstić information content (AvgIpc) is 3.22. The number of ketones is 1. The van der Waals surface area contributed by atoms with Crippen LogP contribution in [0.3, 0.4) is 0 Å². The van der Waals surface area contributed by atoms with Gasteiger partial charge in [0.1, 0.15) is 29.1 Å². The highest BCUT2D eigenvalue weighted by atomic mass is 16.5. The number of nitrogens with zero attached hydrogens (tertiary/aromatic N) is 1. The SMILES string of the molecule is CCOc1cccc(/C(O)=C2\C(=O)C(=O)N(CCOC)[C@@H]2c2ccc(C)o2)c1. The molecule has 0 radical (unpaired) electrons. The van der Waals surface area contributed by atoms with Gasteiger partial charge in [-0.2, -0.15) is 0 Å². The van der Waals surface area contributed by atoms with Crippen LogP contribution in [0.4, 0.5) is 0 Å². The molecular weight excluding hydrogens is 362 g/mol. The fourth-order valence-corrected chi connectivity index (χ4v) is 3.25. The highest BCUT2D eigenvalue weighted by Gasteiger charge is 2.47. The molecule has 28 heavy (non-hydrogen) atoms. The van der Waals surface area contributed by atoms with Gasteiger partial charge in [-0.05, 0) is 38.1 Å². The summed E-state index contributed by atoms with van der Waals surface area (Å²) in [7, 11) is 1.52. The number of aliphatic hydroxyl groups is 1. The van der Waals surface area contributed by atoms with E-state index in [1.54, 1.807) is 43.3 Å². The number of furan rings is 1. The van der Waals surface area contributed by atoms with Crippen LogP contribution in [-0.4, -0.2) is 48.6 Å². The van der Waals surface area contributed by atoms with Crippen molar-refractivity contribution in [2.24, 2.45) is 0 Å². The third kappa shape index (κ3) is 3.66. The van der Waals surface area contributed by atoms with E-state index in [1.807, 2.05) is 6.92 Å². The van der Waals surface area contributed by atoms with E-state index in [2.05, 4.69) is 0 Å². The van der Waals surface area contributed by atoms with Crippen molar-refractivity contribution in [1.29, 1.82) is 0 Å². The molecule has 1 aliphatic rings. The number of Topliss-reactive ketones (excluding diaryl/α,β-unsaturated/α-hetero) is 1. The lowest BCUT2D eigenvalue weighted by Gasteiger charge is -2.22. The average molecular weight is 385 g/mol. The monoisotopic (exact) mass is 385 g/mol. The fraction of sp³-hybridized carbons (Fsp3) is 0.333. The molecule has 1 amide bonds. The van der Waals surface area contributed by atoms with E-state index in [9.17, 15) is 14.7 Å². The smallest absolute Gasteiger partial charge is 0.295 e. The Bertz CT molecular complexity index is 913. The molecule has 1 N–H and O–H groups in total. The molecule has 0 saturated carbocycles. The van der Waals surface area contributed by atoms with E-state index in [1.165, 1.54) is 12.0 Å². The minimum atomic E-state index is -0.820. The summed E-state index contributed by atoms with van der Waals surface area (Å²) < 4.78 is 16.2. The third-order valence-corrected chi connectivity index (χ3v) is 4.53. The van der Waals surface area contributed by atoms with Crippen LogP contribution in [0.5, 0.6) is 5.75 Å². The molecule has 1 aromatic carbocycles. The molecule has 7 heteroatoms. The van der Waals surface area contributed by atoms with Crippen LogP contribution in [0.2, 0.25) is 0 Å². The Kier molecular flexibility index (Phi) is 5.84. The summed E-state index contributed by atoms with van der Waals surface area (Å²) >= 11 is 0. The normalized spacial score (nSPS) is 18.7. The molecule has 0 aliphatic carbocycles. The zero-order valence-electron chi connectivity index (χ0n) is 16.1. The summed E-state index contributed by atoms with van der Waals surface area (Å²) in [6.45, 7) is 4.55. The first kappa shape index (κ1) is 19.7. The van der Waals surface area contributed by atoms with Gasteiger partial charge in [-0.3, -0.25) is 9.59 Å². The molecule has 7 nitrogen and oxygen atoms in total. The predicted octanol–water partition coefficient (Wildman–Crippen LogP) is 3.05. The summed E-state index contributed by atoms with van der Waals surface area (Å²) in [4.78, 5) is 26.8. The number of carbonyl (C=O) groups is 2. The zero-order chi connectivity index (χ0) is 20.3. The molecule has 1 aromatic heterocycles. The van der Waals surface area contributed by atoms with Gasteiger partial charge < -0.3 is 23.9 Å². The molecule has 2 aromatic rings. The molecule has 0 bridgehead atoms. The molecule has 1 fully saturated rings. The molecule has 1 aliphatic heterocycles. The van der Waals surface area contributed by atoms with Crippen molar-refractivity contribution in [2.45, 2.75) is 19.9 Å². The second kappa shape index (κ2) is 8.31. The number of hydrogen-bond donors (Lipinski definition) is 1. The number of hydrogen-bond acceptors (Lipinski definition) is 6. The van der Waals surface area contributed by atoms with Crippen molar-refractivity contribution in [3.8, 4) is 5.75 Å². The van der Waals surface area contributed by atoms with E-state index in [4.69, 9.17) is 13.9 Å². The van der Waals surface area contributed by atoms with Crippen LogP contribution in [0.1, 0.15) is 30.0 Å². The fourth-order valence-electron chi connectivity index (χ4n) is 3.25. The van der Waals surface area contributed by atoms with Crippen molar-refractivity contribution in [3.63, 3.8) is 0 Å². The Balaban J connectivity index is 2.12. The lowest BCUT2D eigenvalue weighted by molar-refractivity contribution is -0.140. The zero-order valence-corrected chi connectivity index (χ0v) is 16.1. The highest BCUT2D eigenvalue weighted by molar-refractivity contribution is 6.46. The van der Waals surface area contributed by atoms with E-state index < -0.39 is 17.7 Å². The second-order valence-electron chi connectivity index (χ2n) is 6.39. The first-order valence-corrected chi connectivity index (χ1v) is 9.04. The van der Waals surface area contributed by atoms with Gasteiger partial charge in [0.25, 0.3) is 11.7 Å². The van der Waals surface area contributed by atoms with Crippen molar-refractivity contribution in [3.05, 3.63) is 59.1 Å². The van der Waals surface area contributed by atoms with Gasteiger partial charge in [0.15, 0.2) is 0 Å². The number of methoxy groups -OCH3 is 1. The molecule has 148 valence electrons. The largest absolute Gasteiger partial charge is 0.507 e. The Morgan fingerprint density at radius 2 is 2.04 bits per heavy atom. The topological polar surface area (TPSA) is 89.2 Å². The van der Waals surface area contributed by atoms with Crippen LogP contribution in [0, 0.1) is 6.92 Å². The number of aryl methyl sites for hydroxylation is 1. The Labute approximate surface area is 163 Å². The maximum atomic E-state index is 12.8. The molecular formula is C21H23NO6. The van der Waals surface area contributed by atoms with Gasteiger partial charge in [0, 0.05) is 19.2 Å². The van der Waals surface area contributed by atoms with E-state index >= 15 is 0 Å². The van der Waals surface area contributed by atoms with E-state index in [0.717, 1.165) is 0 Å². The van der Waals surface area contributed by atoms with Crippen molar-refractivity contribution >= 4 is 17.4 Å². The number of benzene rings is 1. The van der Waals surface area contributed by atoms with Gasteiger partial charge in [0.05, 0.1) is 18.8 Å². The van der Waals surface area contributed by atoms with Crippen molar-refractivity contribution in [2.75, 3.05) is 26.9 Å². The summed E-state index contributed by atoms with van der Waals surface area (Å²) in [6, 6.07) is 9.39. The summed E-state index contributed by atoms with van der Waals surface area (Å²) in [6.07, 6.45) is 0. The standard InChI is InChI=1S/C21H23NO6/c1-4-27-15-7-5-6-14(12-15)19(23)17-18(16-9-8-13(2)28-16)22(10-11-26-3)21(25)20(17)24/h5-9,12,18,23H,4,10-11H2,1-3H3/b19-17+/t18-/m1/s1. The number of carbonyl (C=O) groups excluding carboxylic acids is 2. The van der Waals surface area contributed by atoms with Crippen molar-refractivity contribution < 1.29 is 28.6 Å². The first-order chi connectivity index (χ1) is 13.5. The first-order valence-electron chi connectivity index (χ1n) is 9.04. The minimum absolute atomic E-state index is 0.0101. The molecule has 0 spiro atoms. The van der Waals surface area contributed by atoms with E-state index in [0.29, 0.717) is 29.4 Å². The number of rotatable bonds is 7. The van der Waals surface area contributed by atoms with Gasteiger partial charge in [-0.25, -0.2) is 0 Å². The summed E-state index contributed by atoms with van der Waals surface area (Å²) in [5.41, 5.74) is 0.382. The highest BCUT2D eigenvalue weighted by Crippen LogP contribution is 2.40. The number of aliphatic hydroxyl groups excluding tert-OH is 1. The Hall–Kier alpha value is -3.06. The molecule has 0 unspecified atom stereocenters. The Morgan fingerprint density at radius 1 is 1.25 bits per heavy atom. The van der Waals surface area contributed by atoms with Crippen LogP contribution >= 0.6 is 0 Å². The summed E-state index contributed by atoms with van der Waals surface area (Å²) in [5, 5.41) is 10.9. The minimum Gasteiger partial charge on any atom is -0.507 e. The lowest BCUT2D eigenvalue weighted by Crippen LogP contribution is -2.32. The maximum absolute atomic E-state index is 12.8. The third-order valence-electron chi connectivity index (χ3n) is 4.53. The number of likely N-dealkylation sites (tertiary alicyclic amines) is 1. The van der Waals surface area contributed by atoms with Gasteiger partial charge in [0.2, 0.25) is 0 Å². The maximum Gasteiger partial charge on any atom is 0.295 e. The van der Waals surface area contributed by atoms with Crippen LogP contribution < -0.4 is 4.74 Å². The number of ether oxygens (including phenoxy) is 2. The molecule has 2 heterocycles. The molecule has 3 rings (SSSR count). The van der Waals surface area contributed by atoms with Crippen LogP contribution in [0.25, 0.3) is 5.76 Å². The lowest BCUT2D eigenvalue weighted by atomic mass is 9.99. The van der Waals surface area contributed by atoms with Crippen LogP contribution in [0.15, 0.2) is 46.4 Å². The van der Waals surface area contributed by atoms with Crippen LogP contribution in [-0.2, 0) is 14.3 Å².